The molecule has 1 aliphatic rings. The van der Waals surface area contributed by atoms with E-state index in [9.17, 15) is 0 Å². The lowest BCUT2D eigenvalue weighted by molar-refractivity contribution is 0.140. The van der Waals surface area contributed by atoms with Crippen molar-refractivity contribution in [2.24, 2.45) is 0 Å². The Labute approximate surface area is 137 Å². The summed E-state index contributed by atoms with van der Waals surface area (Å²) in [5, 5.41) is 3.37. The van der Waals surface area contributed by atoms with E-state index >= 15 is 0 Å². The molecule has 0 saturated carbocycles. The second-order valence-corrected chi connectivity index (χ2v) is 7.03. The lowest BCUT2D eigenvalue weighted by Gasteiger charge is -2.35. The average Bonchev–Trinajstić information content (AvgIpc) is 2.48. The molecule has 1 fully saturated rings. The quantitative estimate of drug-likeness (QED) is 0.847. The van der Waals surface area contributed by atoms with Gasteiger partial charge in [0.15, 0.2) is 0 Å². The summed E-state index contributed by atoms with van der Waals surface area (Å²) in [7, 11) is 4.39. The van der Waals surface area contributed by atoms with Gasteiger partial charge in [-0.05, 0) is 63.8 Å². The van der Waals surface area contributed by atoms with Crippen molar-refractivity contribution in [1.29, 1.82) is 0 Å². The van der Waals surface area contributed by atoms with Crippen molar-refractivity contribution >= 4 is 15.9 Å². The first-order valence-electron chi connectivity index (χ1n) is 7.97. The molecule has 0 spiro atoms. The van der Waals surface area contributed by atoms with Crippen molar-refractivity contribution in [3.05, 3.63) is 33.8 Å². The topological polar surface area (TPSA) is 18.5 Å². The number of rotatable bonds is 6. The molecule has 0 unspecified atom stereocenters. The third kappa shape index (κ3) is 5.06. The number of nitrogens with one attached hydrogen (secondary N) is 1. The molecule has 0 bridgehead atoms. The first-order chi connectivity index (χ1) is 10.1. The molecule has 1 N–H and O–H groups in total. The molecule has 1 aromatic carbocycles. The van der Waals surface area contributed by atoms with Gasteiger partial charge in [-0.1, -0.05) is 35.0 Å². The van der Waals surface area contributed by atoms with Crippen molar-refractivity contribution in [3.63, 3.8) is 0 Å². The predicted molar refractivity (Wildman–Crippen MR) is 93.5 cm³/mol. The first kappa shape index (κ1) is 16.9. The Balaban J connectivity index is 1.89. The van der Waals surface area contributed by atoms with E-state index in [1.807, 2.05) is 0 Å². The van der Waals surface area contributed by atoms with Crippen LogP contribution in [0.15, 0.2) is 22.7 Å². The van der Waals surface area contributed by atoms with Crippen LogP contribution in [0.1, 0.15) is 30.9 Å². The fourth-order valence-electron chi connectivity index (χ4n) is 2.93. The minimum atomic E-state index is 0.757. The summed E-state index contributed by atoms with van der Waals surface area (Å²) < 4.78 is 1.24. The first-order valence-corrected chi connectivity index (χ1v) is 8.76. The zero-order valence-corrected chi connectivity index (χ0v) is 15.1. The molecule has 1 aliphatic heterocycles. The van der Waals surface area contributed by atoms with E-state index in [-0.39, 0.29) is 0 Å². The van der Waals surface area contributed by atoms with Gasteiger partial charge in [-0.2, -0.15) is 0 Å². The molecule has 1 saturated heterocycles. The summed E-state index contributed by atoms with van der Waals surface area (Å²) in [5.74, 6) is 0. The summed E-state index contributed by atoms with van der Waals surface area (Å²) in [5.41, 5.74) is 2.75. The molecule has 0 atom stereocenters. The fourth-order valence-corrected chi connectivity index (χ4v) is 3.48. The maximum Gasteiger partial charge on any atom is 0.0244 e. The third-order valence-corrected chi connectivity index (χ3v) is 5.12. The number of likely N-dealkylation sites (tertiary alicyclic amines) is 1. The van der Waals surface area contributed by atoms with Crippen LogP contribution in [-0.4, -0.2) is 49.6 Å². The van der Waals surface area contributed by atoms with Crippen molar-refractivity contribution < 1.29 is 0 Å². The number of benzene rings is 1. The van der Waals surface area contributed by atoms with Crippen LogP contribution in [0.25, 0.3) is 0 Å². The van der Waals surface area contributed by atoms with Gasteiger partial charge in [0.25, 0.3) is 0 Å². The fraction of sp³-hybridized carbons (Fsp3) is 0.647. The molecule has 21 heavy (non-hydrogen) atoms. The van der Waals surface area contributed by atoms with E-state index in [0.29, 0.717) is 0 Å². The smallest absolute Gasteiger partial charge is 0.0244 e. The summed E-state index contributed by atoms with van der Waals surface area (Å²) in [6.45, 7) is 7.57. The standard InChI is InChI=1S/C17H28BrN3/c1-4-19-12-14-5-6-15(17(18)11-14)13-21-9-7-16(8-10-21)20(2)3/h5-6,11,16,19H,4,7-10,12-13H2,1-3H3. The molecule has 4 heteroatoms. The Hall–Kier alpha value is -0.420. The van der Waals surface area contributed by atoms with E-state index in [0.717, 1.165) is 25.7 Å². The molecule has 0 amide bonds. The number of hydrogen-bond donors (Lipinski definition) is 1. The molecule has 0 radical (unpaired) electrons. The van der Waals surface area contributed by atoms with Crippen LogP contribution >= 0.6 is 15.9 Å². The van der Waals surface area contributed by atoms with Crippen LogP contribution < -0.4 is 5.32 Å². The minimum absolute atomic E-state index is 0.757. The lowest BCUT2D eigenvalue weighted by Crippen LogP contribution is -2.41. The van der Waals surface area contributed by atoms with Crippen molar-refractivity contribution in [1.82, 2.24) is 15.1 Å². The Bertz CT molecular complexity index is 440. The maximum absolute atomic E-state index is 3.74. The summed E-state index contributed by atoms with van der Waals surface area (Å²) in [6.07, 6.45) is 2.56. The molecular weight excluding hydrogens is 326 g/mol. The summed E-state index contributed by atoms with van der Waals surface area (Å²) in [4.78, 5) is 4.94. The van der Waals surface area contributed by atoms with Gasteiger partial charge in [-0.25, -0.2) is 0 Å². The van der Waals surface area contributed by atoms with Gasteiger partial charge in [0.1, 0.15) is 0 Å². The van der Waals surface area contributed by atoms with Crippen LogP contribution in [0.5, 0.6) is 0 Å². The van der Waals surface area contributed by atoms with E-state index in [2.05, 4.69) is 70.3 Å². The van der Waals surface area contributed by atoms with Gasteiger partial charge >= 0.3 is 0 Å². The van der Waals surface area contributed by atoms with Gasteiger partial charge in [0, 0.05) is 23.6 Å². The number of halogens is 1. The minimum Gasteiger partial charge on any atom is -0.313 e. The van der Waals surface area contributed by atoms with E-state index in [1.165, 1.54) is 41.5 Å². The monoisotopic (exact) mass is 353 g/mol. The van der Waals surface area contributed by atoms with Gasteiger partial charge < -0.3 is 10.2 Å². The average molecular weight is 354 g/mol. The third-order valence-electron chi connectivity index (χ3n) is 4.38. The van der Waals surface area contributed by atoms with Gasteiger partial charge in [0.05, 0.1) is 0 Å². The zero-order chi connectivity index (χ0) is 15.2. The van der Waals surface area contributed by atoms with Crippen molar-refractivity contribution in [2.45, 2.75) is 38.9 Å². The number of piperidine rings is 1. The molecule has 3 nitrogen and oxygen atoms in total. The highest BCUT2D eigenvalue weighted by Gasteiger charge is 2.20. The number of nitrogens with zero attached hydrogens (tertiary/aromatic N) is 2. The maximum atomic E-state index is 3.74. The normalized spacial score (nSPS) is 17.6. The molecular formula is C17H28BrN3. The van der Waals surface area contributed by atoms with Gasteiger partial charge in [0.2, 0.25) is 0 Å². The van der Waals surface area contributed by atoms with E-state index in [4.69, 9.17) is 0 Å². The Morgan fingerprint density at radius 3 is 2.57 bits per heavy atom. The molecule has 1 heterocycles. The summed E-state index contributed by atoms with van der Waals surface area (Å²) in [6, 6.07) is 7.53. The Kier molecular flexibility index (Phi) is 6.68. The largest absolute Gasteiger partial charge is 0.313 e. The highest BCUT2D eigenvalue weighted by Crippen LogP contribution is 2.23. The second-order valence-electron chi connectivity index (χ2n) is 6.18. The molecule has 1 aromatic rings. The van der Waals surface area contributed by atoms with Gasteiger partial charge in [-0.15, -0.1) is 0 Å². The van der Waals surface area contributed by atoms with Crippen LogP contribution in [0.4, 0.5) is 0 Å². The zero-order valence-electron chi connectivity index (χ0n) is 13.5. The number of hydrogen-bond acceptors (Lipinski definition) is 3. The predicted octanol–water partition coefficient (Wildman–Crippen LogP) is 3.08. The Morgan fingerprint density at radius 1 is 1.29 bits per heavy atom. The van der Waals surface area contributed by atoms with E-state index in [1.54, 1.807) is 0 Å². The van der Waals surface area contributed by atoms with Crippen molar-refractivity contribution in [3.8, 4) is 0 Å². The highest BCUT2D eigenvalue weighted by molar-refractivity contribution is 9.10. The van der Waals surface area contributed by atoms with E-state index < -0.39 is 0 Å². The summed E-state index contributed by atoms with van der Waals surface area (Å²) >= 11 is 3.74. The van der Waals surface area contributed by atoms with Crippen LogP contribution in [0.3, 0.4) is 0 Å². The Morgan fingerprint density at radius 2 is 2.00 bits per heavy atom. The molecule has 0 aromatic heterocycles. The van der Waals surface area contributed by atoms with Crippen molar-refractivity contribution in [2.75, 3.05) is 33.7 Å². The van der Waals surface area contributed by atoms with Crippen LogP contribution in [0.2, 0.25) is 0 Å². The SMILES string of the molecule is CCNCc1ccc(CN2CCC(N(C)C)CC2)c(Br)c1. The highest BCUT2D eigenvalue weighted by atomic mass is 79.9. The molecule has 2 rings (SSSR count). The molecule has 118 valence electrons. The van der Waals surface area contributed by atoms with Crippen LogP contribution in [-0.2, 0) is 13.1 Å². The molecule has 0 aliphatic carbocycles. The lowest BCUT2D eigenvalue weighted by atomic mass is 10.0. The van der Waals surface area contributed by atoms with Gasteiger partial charge in [-0.3, -0.25) is 4.90 Å². The van der Waals surface area contributed by atoms with Crippen LogP contribution in [0, 0.1) is 0 Å². The second kappa shape index (κ2) is 8.28.